The number of thiophene rings is 1. The third-order valence-corrected chi connectivity index (χ3v) is 4.18. The van der Waals surface area contributed by atoms with E-state index in [1.807, 2.05) is 29.6 Å². The molecular weight excluding hydrogens is 320 g/mol. The van der Waals surface area contributed by atoms with Crippen LogP contribution in [0.25, 0.3) is 10.6 Å². The lowest BCUT2D eigenvalue weighted by Crippen LogP contribution is -2.28. The number of hydrogen-bond acceptors (Lipinski definition) is 3. The SMILES string of the molecule is O=C(NCc1ccc(-c2cccs2)o1)Nc1ccccc1Cl. The predicted octanol–water partition coefficient (Wildman–Crippen LogP) is 4.98. The number of rotatable bonds is 4. The quantitative estimate of drug-likeness (QED) is 0.707. The number of carbonyl (C=O) groups is 1. The Kier molecular flexibility index (Phi) is 4.46. The first-order valence-electron chi connectivity index (χ1n) is 6.64. The number of urea groups is 1. The van der Waals surface area contributed by atoms with Crippen LogP contribution in [0.3, 0.4) is 0 Å². The zero-order valence-electron chi connectivity index (χ0n) is 11.5. The van der Waals surface area contributed by atoms with Crippen molar-refractivity contribution in [1.29, 1.82) is 0 Å². The van der Waals surface area contributed by atoms with Crippen molar-refractivity contribution in [3.05, 3.63) is 64.7 Å². The summed E-state index contributed by atoms with van der Waals surface area (Å²) in [7, 11) is 0. The average molecular weight is 333 g/mol. The second-order valence-corrected chi connectivity index (χ2v) is 5.89. The number of nitrogens with one attached hydrogen (secondary N) is 2. The second-order valence-electron chi connectivity index (χ2n) is 4.53. The average Bonchev–Trinajstić information content (AvgIpc) is 3.18. The Hall–Kier alpha value is -2.24. The molecule has 0 spiro atoms. The van der Waals surface area contributed by atoms with Crippen LogP contribution in [0.5, 0.6) is 0 Å². The van der Waals surface area contributed by atoms with E-state index in [1.165, 1.54) is 0 Å². The van der Waals surface area contributed by atoms with E-state index in [1.54, 1.807) is 35.6 Å². The normalized spacial score (nSPS) is 10.4. The van der Waals surface area contributed by atoms with Crippen molar-refractivity contribution < 1.29 is 9.21 Å². The fourth-order valence-electron chi connectivity index (χ4n) is 1.92. The lowest BCUT2D eigenvalue weighted by atomic mass is 10.3. The van der Waals surface area contributed by atoms with Crippen molar-refractivity contribution in [1.82, 2.24) is 5.32 Å². The summed E-state index contributed by atoms with van der Waals surface area (Å²) in [6, 6.07) is 14.5. The van der Waals surface area contributed by atoms with E-state index in [0.717, 1.165) is 10.6 Å². The Morgan fingerprint density at radius 3 is 2.77 bits per heavy atom. The molecule has 4 nitrogen and oxygen atoms in total. The van der Waals surface area contributed by atoms with Crippen LogP contribution in [-0.2, 0) is 6.54 Å². The zero-order chi connectivity index (χ0) is 15.4. The number of furan rings is 1. The van der Waals surface area contributed by atoms with Crippen LogP contribution in [0.4, 0.5) is 10.5 Å². The van der Waals surface area contributed by atoms with E-state index >= 15 is 0 Å². The molecule has 0 aliphatic rings. The molecule has 0 radical (unpaired) electrons. The molecule has 2 amide bonds. The number of amides is 2. The molecule has 2 heterocycles. The maximum Gasteiger partial charge on any atom is 0.319 e. The molecule has 2 aromatic heterocycles. The number of para-hydroxylation sites is 1. The highest BCUT2D eigenvalue weighted by atomic mass is 35.5. The smallest absolute Gasteiger partial charge is 0.319 e. The first-order chi connectivity index (χ1) is 10.7. The molecule has 6 heteroatoms. The van der Waals surface area contributed by atoms with Gasteiger partial charge in [0.25, 0.3) is 0 Å². The lowest BCUT2D eigenvalue weighted by molar-refractivity contribution is 0.251. The van der Waals surface area contributed by atoms with E-state index in [-0.39, 0.29) is 6.03 Å². The molecule has 112 valence electrons. The minimum absolute atomic E-state index is 0.307. The van der Waals surface area contributed by atoms with Gasteiger partial charge in [0.1, 0.15) is 11.5 Å². The Balaban J connectivity index is 1.56. The maximum absolute atomic E-state index is 11.9. The predicted molar refractivity (Wildman–Crippen MR) is 89.3 cm³/mol. The first-order valence-corrected chi connectivity index (χ1v) is 7.90. The summed E-state index contributed by atoms with van der Waals surface area (Å²) < 4.78 is 5.69. The molecule has 0 aliphatic heterocycles. The van der Waals surface area contributed by atoms with Crippen molar-refractivity contribution >= 4 is 34.7 Å². The van der Waals surface area contributed by atoms with Crippen LogP contribution in [0.2, 0.25) is 5.02 Å². The maximum atomic E-state index is 11.9. The van der Waals surface area contributed by atoms with Crippen LogP contribution in [0.1, 0.15) is 5.76 Å². The fourth-order valence-corrected chi connectivity index (χ4v) is 2.79. The van der Waals surface area contributed by atoms with Crippen molar-refractivity contribution in [3.63, 3.8) is 0 Å². The van der Waals surface area contributed by atoms with Gasteiger partial charge in [0.05, 0.1) is 22.1 Å². The van der Waals surface area contributed by atoms with Gasteiger partial charge in [0.15, 0.2) is 0 Å². The van der Waals surface area contributed by atoms with E-state index in [9.17, 15) is 4.79 Å². The van der Waals surface area contributed by atoms with Gasteiger partial charge in [-0.1, -0.05) is 29.8 Å². The standard InChI is InChI=1S/C16H13ClN2O2S/c17-12-4-1-2-5-13(12)19-16(20)18-10-11-7-8-14(21-11)15-6-3-9-22-15/h1-9H,10H2,(H2,18,19,20). The molecule has 1 aromatic carbocycles. The minimum Gasteiger partial charge on any atom is -0.458 e. The van der Waals surface area contributed by atoms with E-state index < -0.39 is 0 Å². The molecule has 0 saturated carbocycles. The molecular formula is C16H13ClN2O2S. The largest absolute Gasteiger partial charge is 0.458 e. The minimum atomic E-state index is -0.331. The van der Waals surface area contributed by atoms with Gasteiger partial charge in [0.2, 0.25) is 0 Å². The van der Waals surface area contributed by atoms with Crippen molar-refractivity contribution in [2.75, 3.05) is 5.32 Å². The summed E-state index contributed by atoms with van der Waals surface area (Å²) in [6.07, 6.45) is 0. The number of benzene rings is 1. The highest BCUT2D eigenvalue weighted by Crippen LogP contribution is 2.26. The van der Waals surface area contributed by atoms with Gasteiger partial charge in [-0.3, -0.25) is 0 Å². The first kappa shape index (κ1) is 14.7. The molecule has 3 aromatic rings. The molecule has 2 N–H and O–H groups in total. The van der Waals surface area contributed by atoms with Crippen molar-refractivity contribution in [2.45, 2.75) is 6.54 Å². The Morgan fingerprint density at radius 2 is 2.00 bits per heavy atom. The molecule has 0 bridgehead atoms. The van der Waals surface area contributed by atoms with E-state index in [2.05, 4.69) is 10.6 Å². The highest BCUT2D eigenvalue weighted by molar-refractivity contribution is 7.13. The van der Waals surface area contributed by atoms with Gasteiger partial charge in [-0.05, 0) is 35.7 Å². The molecule has 0 saturated heterocycles. The molecule has 3 rings (SSSR count). The van der Waals surface area contributed by atoms with Crippen LogP contribution < -0.4 is 10.6 Å². The van der Waals surface area contributed by atoms with E-state index in [4.69, 9.17) is 16.0 Å². The number of anilines is 1. The lowest BCUT2D eigenvalue weighted by Gasteiger charge is -2.07. The second kappa shape index (κ2) is 6.68. The summed E-state index contributed by atoms with van der Waals surface area (Å²) in [6.45, 7) is 0.307. The molecule has 0 unspecified atom stereocenters. The fraction of sp³-hybridized carbons (Fsp3) is 0.0625. The Labute approximate surface area is 136 Å². The molecule has 22 heavy (non-hydrogen) atoms. The monoisotopic (exact) mass is 332 g/mol. The summed E-state index contributed by atoms with van der Waals surface area (Å²) in [5, 5.41) is 7.92. The summed E-state index contributed by atoms with van der Waals surface area (Å²) in [5.74, 6) is 1.50. The van der Waals surface area contributed by atoms with Crippen LogP contribution in [0.15, 0.2) is 58.3 Å². The van der Waals surface area contributed by atoms with Gasteiger partial charge in [-0.25, -0.2) is 4.79 Å². The van der Waals surface area contributed by atoms with Gasteiger partial charge >= 0.3 is 6.03 Å². The molecule has 0 atom stereocenters. The number of halogens is 1. The van der Waals surface area contributed by atoms with E-state index in [0.29, 0.717) is 23.0 Å². The summed E-state index contributed by atoms with van der Waals surface area (Å²) >= 11 is 7.60. The molecule has 0 aliphatic carbocycles. The summed E-state index contributed by atoms with van der Waals surface area (Å²) in [4.78, 5) is 12.9. The Morgan fingerprint density at radius 1 is 1.14 bits per heavy atom. The van der Waals surface area contributed by atoms with Crippen LogP contribution >= 0.6 is 22.9 Å². The number of hydrogen-bond donors (Lipinski definition) is 2. The van der Waals surface area contributed by atoms with Gasteiger partial charge < -0.3 is 15.1 Å². The number of carbonyl (C=O) groups excluding carboxylic acids is 1. The van der Waals surface area contributed by atoms with Crippen molar-refractivity contribution in [3.8, 4) is 10.6 Å². The Bertz CT molecular complexity index is 768. The third kappa shape index (κ3) is 3.50. The van der Waals surface area contributed by atoms with Gasteiger partial charge in [-0.15, -0.1) is 11.3 Å². The highest BCUT2D eigenvalue weighted by Gasteiger charge is 2.08. The van der Waals surface area contributed by atoms with Gasteiger partial charge in [0, 0.05) is 0 Å². The molecule has 0 fully saturated rings. The third-order valence-electron chi connectivity index (χ3n) is 2.97. The van der Waals surface area contributed by atoms with Crippen molar-refractivity contribution in [2.24, 2.45) is 0 Å². The zero-order valence-corrected chi connectivity index (χ0v) is 13.1. The topological polar surface area (TPSA) is 54.3 Å². The van der Waals surface area contributed by atoms with Crippen LogP contribution in [0, 0.1) is 0 Å². The summed E-state index contributed by atoms with van der Waals surface area (Å²) in [5.41, 5.74) is 0.570. The van der Waals surface area contributed by atoms with Crippen LogP contribution in [-0.4, -0.2) is 6.03 Å². The van der Waals surface area contributed by atoms with Gasteiger partial charge in [-0.2, -0.15) is 0 Å².